The molecule has 0 saturated carbocycles. The molecule has 10 aromatic rings. The van der Waals surface area contributed by atoms with Crippen molar-refractivity contribution in [3.05, 3.63) is 175 Å². The molecule has 1 aliphatic carbocycles. The molecule has 0 saturated heterocycles. The summed E-state index contributed by atoms with van der Waals surface area (Å²) < 4.78 is 8.69. The number of nitrogens with zero attached hydrogens (tertiary/aromatic N) is 3. The van der Waals surface area contributed by atoms with E-state index in [4.69, 9.17) is 14.4 Å². The van der Waals surface area contributed by atoms with Crippen LogP contribution in [0.25, 0.3) is 94.5 Å². The van der Waals surface area contributed by atoms with E-state index in [1.54, 1.807) is 0 Å². The van der Waals surface area contributed by atoms with Gasteiger partial charge in [-0.05, 0) is 70.8 Å². The molecule has 0 amide bonds. The summed E-state index contributed by atoms with van der Waals surface area (Å²) in [6.45, 7) is 4.69. The van der Waals surface area contributed by atoms with Gasteiger partial charge >= 0.3 is 0 Å². The highest BCUT2D eigenvalue weighted by Crippen LogP contribution is 2.53. The van der Waals surface area contributed by atoms with Crippen LogP contribution in [0.5, 0.6) is 0 Å². The van der Waals surface area contributed by atoms with Gasteiger partial charge in [0, 0.05) is 49.3 Å². The normalized spacial score (nSPS) is 13.2. The molecule has 3 heterocycles. The minimum atomic E-state index is -0.0724. The van der Waals surface area contributed by atoms with E-state index >= 15 is 0 Å². The number of para-hydroxylation sites is 2. The van der Waals surface area contributed by atoms with Gasteiger partial charge in [-0.25, -0.2) is 9.97 Å². The molecule has 53 heavy (non-hydrogen) atoms. The maximum absolute atomic E-state index is 6.28. The van der Waals surface area contributed by atoms with Crippen LogP contribution < -0.4 is 0 Å². The maximum atomic E-state index is 6.28. The molecule has 1 aliphatic rings. The van der Waals surface area contributed by atoms with Crippen molar-refractivity contribution in [2.45, 2.75) is 19.3 Å². The van der Waals surface area contributed by atoms with E-state index in [1.807, 2.05) is 24.3 Å². The van der Waals surface area contributed by atoms with Crippen molar-refractivity contribution in [1.29, 1.82) is 0 Å². The van der Waals surface area contributed by atoms with Gasteiger partial charge in [0.2, 0.25) is 0 Å². The van der Waals surface area contributed by atoms with Gasteiger partial charge in [-0.2, -0.15) is 0 Å². The Morgan fingerprint density at radius 2 is 1.21 bits per heavy atom. The molecule has 11 rings (SSSR count). The lowest BCUT2D eigenvalue weighted by Gasteiger charge is -2.21. The van der Waals surface area contributed by atoms with E-state index in [1.165, 1.54) is 44.1 Å². The van der Waals surface area contributed by atoms with Crippen LogP contribution in [0.1, 0.15) is 25.0 Å². The number of furan rings is 1. The molecule has 4 nitrogen and oxygen atoms in total. The van der Waals surface area contributed by atoms with Crippen molar-refractivity contribution in [2.24, 2.45) is 0 Å². The van der Waals surface area contributed by atoms with Crippen molar-refractivity contribution >= 4 is 43.7 Å². The van der Waals surface area contributed by atoms with Crippen molar-refractivity contribution in [3.63, 3.8) is 0 Å². The predicted octanol–water partition coefficient (Wildman–Crippen LogP) is 12.8. The van der Waals surface area contributed by atoms with Gasteiger partial charge in [-0.15, -0.1) is 0 Å². The zero-order valence-corrected chi connectivity index (χ0v) is 29.3. The van der Waals surface area contributed by atoms with Gasteiger partial charge < -0.3 is 8.98 Å². The van der Waals surface area contributed by atoms with Crippen LogP contribution in [0.4, 0.5) is 0 Å². The Morgan fingerprint density at radius 1 is 0.491 bits per heavy atom. The quantitative estimate of drug-likeness (QED) is 0.186. The lowest BCUT2D eigenvalue weighted by molar-refractivity contribution is 0.661. The number of benzene rings is 7. The van der Waals surface area contributed by atoms with E-state index < -0.39 is 0 Å². The zero-order chi connectivity index (χ0) is 35.3. The molecular formula is C49H33N3O. The molecule has 0 spiro atoms. The second-order valence-corrected chi connectivity index (χ2v) is 14.6. The van der Waals surface area contributed by atoms with Crippen molar-refractivity contribution in [3.8, 4) is 50.7 Å². The molecule has 0 bridgehead atoms. The zero-order valence-electron chi connectivity index (χ0n) is 29.3. The number of rotatable bonds is 4. The molecule has 0 aliphatic heterocycles. The highest BCUT2D eigenvalue weighted by atomic mass is 16.3. The molecule has 0 fully saturated rings. The summed E-state index contributed by atoms with van der Waals surface area (Å²) >= 11 is 0. The Hall–Kier alpha value is -6.78. The van der Waals surface area contributed by atoms with Gasteiger partial charge in [0.15, 0.2) is 5.82 Å². The van der Waals surface area contributed by atoms with Gasteiger partial charge in [0.25, 0.3) is 0 Å². The predicted molar refractivity (Wildman–Crippen MR) is 218 cm³/mol. The number of fused-ring (bicyclic) bond motifs is 10. The second kappa shape index (κ2) is 11.1. The van der Waals surface area contributed by atoms with Crippen LogP contribution in [0.3, 0.4) is 0 Å². The molecule has 3 aromatic heterocycles. The molecule has 0 unspecified atom stereocenters. The second-order valence-electron chi connectivity index (χ2n) is 14.6. The molecule has 0 atom stereocenters. The van der Waals surface area contributed by atoms with Crippen molar-refractivity contribution < 1.29 is 4.42 Å². The third-order valence-electron chi connectivity index (χ3n) is 11.2. The third-order valence-corrected chi connectivity index (χ3v) is 11.2. The largest absolute Gasteiger partial charge is 0.456 e. The summed E-state index contributed by atoms with van der Waals surface area (Å²) in [4.78, 5) is 10.4. The van der Waals surface area contributed by atoms with Crippen LogP contribution in [-0.2, 0) is 5.41 Å². The summed E-state index contributed by atoms with van der Waals surface area (Å²) in [5.41, 5.74) is 15.2. The van der Waals surface area contributed by atoms with Gasteiger partial charge in [-0.3, -0.25) is 0 Å². The van der Waals surface area contributed by atoms with Crippen LogP contribution >= 0.6 is 0 Å². The van der Waals surface area contributed by atoms with Gasteiger partial charge in [0.1, 0.15) is 11.2 Å². The first-order valence-corrected chi connectivity index (χ1v) is 18.2. The summed E-state index contributed by atoms with van der Waals surface area (Å²) in [7, 11) is 0. The van der Waals surface area contributed by atoms with Crippen LogP contribution in [0.15, 0.2) is 168 Å². The van der Waals surface area contributed by atoms with Crippen molar-refractivity contribution in [1.82, 2.24) is 14.5 Å². The summed E-state index contributed by atoms with van der Waals surface area (Å²) in [6.07, 6.45) is 0. The average Bonchev–Trinajstić information content (AvgIpc) is 3.83. The first kappa shape index (κ1) is 29.9. The molecule has 250 valence electrons. The standard InChI is InChI=1S/C49H33N3O/c1-49(2)38-20-9-6-18-36(38)46-39(49)25-26-43-47(46)37-19-7-10-21-42(37)52(43)33-16-12-15-32(27-33)48-50-40(30-13-4-3-5-14-30)29-41(51-48)31-23-24-35-34-17-8-11-22-44(34)53-45(35)28-31/h3-29H,1-2H3. The molecule has 4 heteroatoms. The van der Waals surface area contributed by atoms with Crippen LogP contribution in [0.2, 0.25) is 0 Å². The maximum Gasteiger partial charge on any atom is 0.160 e. The van der Waals surface area contributed by atoms with Crippen molar-refractivity contribution in [2.75, 3.05) is 0 Å². The molecule has 0 radical (unpaired) electrons. The average molecular weight is 680 g/mol. The molecule has 0 N–H and O–H groups in total. The number of hydrogen-bond donors (Lipinski definition) is 0. The smallest absolute Gasteiger partial charge is 0.160 e. The van der Waals surface area contributed by atoms with E-state index in [0.29, 0.717) is 5.82 Å². The minimum absolute atomic E-state index is 0.0724. The van der Waals surface area contributed by atoms with E-state index in [-0.39, 0.29) is 5.41 Å². The Morgan fingerprint density at radius 3 is 2.09 bits per heavy atom. The number of hydrogen-bond acceptors (Lipinski definition) is 3. The Balaban J connectivity index is 1.11. The Labute approximate surface area is 306 Å². The fourth-order valence-corrected chi connectivity index (χ4v) is 8.68. The van der Waals surface area contributed by atoms with Crippen LogP contribution in [0, 0.1) is 0 Å². The van der Waals surface area contributed by atoms with Gasteiger partial charge in [-0.1, -0.05) is 129 Å². The minimum Gasteiger partial charge on any atom is -0.456 e. The molecular weight excluding hydrogens is 647 g/mol. The summed E-state index contributed by atoms with van der Waals surface area (Å²) in [5, 5.41) is 4.76. The first-order chi connectivity index (χ1) is 26.0. The fourth-order valence-electron chi connectivity index (χ4n) is 8.68. The Kier molecular flexibility index (Phi) is 6.27. The summed E-state index contributed by atoms with van der Waals surface area (Å²) in [5.74, 6) is 0.672. The van der Waals surface area contributed by atoms with E-state index in [0.717, 1.165) is 55.7 Å². The Bertz CT molecular complexity index is 3090. The van der Waals surface area contributed by atoms with E-state index in [9.17, 15) is 0 Å². The highest BCUT2D eigenvalue weighted by Gasteiger charge is 2.37. The van der Waals surface area contributed by atoms with Gasteiger partial charge in [0.05, 0.1) is 22.4 Å². The first-order valence-electron chi connectivity index (χ1n) is 18.2. The van der Waals surface area contributed by atoms with E-state index in [2.05, 4.69) is 158 Å². The third kappa shape index (κ3) is 4.42. The monoisotopic (exact) mass is 679 g/mol. The topological polar surface area (TPSA) is 43.9 Å². The SMILES string of the molecule is CC1(C)c2ccccc2-c2c1ccc1c2c2ccccc2n1-c1cccc(-c2nc(-c3ccccc3)cc(-c3ccc4c(c3)oc3ccccc34)n2)c1. The fraction of sp³-hybridized carbons (Fsp3) is 0.0612. The molecule has 7 aromatic carbocycles. The highest BCUT2D eigenvalue weighted by molar-refractivity contribution is 6.18. The lowest BCUT2D eigenvalue weighted by atomic mass is 9.82. The number of aromatic nitrogens is 3. The summed E-state index contributed by atoms with van der Waals surface area (Å²) in [6, 6.07) is 58.0. The lowest BCUT2D eigenvalue weighted by Crippen LogP contribution is -2.14. The van der Waals surface area contributed by atoms with Crippen LogP contribution in [-0.4, -0.2) is 14.5 Å².